The van der Waals surface area contributed by atoms with Crippen molar-refractivity contribution in [1.82, 2.24) is 15.0 Å². The Kier molecular flexibility index (Phi) is 4.21. The Labute approximate surface area is 145 Å². The monoisotopic (exact) mass is 337 g/mol. The summed E-state index contributed by atoms with van der Waals surface area (Å²) in [7, 11) is 0. The van der Waals surface area contributed by atoms with Gasteiger partial charge in [0.25, 0.3) is 0 Å². The molecule has 1 aromatic heterocycles. The number of nitrogens with zero attached hydrogens (tertiary/aromatic N) is 3. The van der Waals surface area contributed by atoms with E-state index in [-0.39, 0.29) is 11.8 Å². The molecule has 0 bridgehead atoms. The van der Waals surface area contributed by atoms with Crippen molar-refractivity contribution in [3.63, 3.8) is 0 Å². The topological polar surface area (TPSA) is 82.6 Å². The number of hydrogen-bond donors (Lipinski definition) is 2. The van der Waals surface area contributed by atoms with Crippen molar-refractivity contribution in [2.45, 2.75) is 25.1 Å². The molecule has 3 aromatic rings. The molecule has 6 nitrogen and oxygen atoms in total. The molecular weight excluding hydrogens is 318 g/mol. The molecule has 1 fully saturated rings. The summed E-state index contributed by atoms with van der Waals surface area (Å²) >= 11 is 0. The molecule has 2 aromatic carbocycles. The average molecular weight is 337 g/mol. The minimum atomic E-state index is -0.456. The highest BCUT2D eigenvalue weighted by Gasteiger charge is 2.36. The van der Waals surface area contributed by atoms with Crippen LogP contribution in [-0.4, -0.2) is 37.9 Å². The van der Waals surface area contributed by atoms with Gasteiger partial charge in [-0.1, -0.05) is 53.7 Å². The molecule has 0 aliphatic carbocycles. The third-order valence-electron chi connectivity index (χ3n) is 4.51. The lowest BCUT2D eigenvalue weighted by atomic mass is 10.1. The van der Waals surface area contributed by atoms with Gasteiger partial charge in [0, 0.05) is 24.2 Å². The van der Waals surface area contributed by atoms with Crippen molar-refractivity contribution in [2.75, 3.05) is 6.54 Å². The predicted octanol–water partition coefficient (Wildman–Crippen LogP) is 2.75. The van der Waals surface area contributed by atoms with Gasteiger partial charge in [0.15, 0.2) is 0 Å². The van der Waals surface area contributed by atoms with Gasteiger partial charge in [-0.2, -0.15) is 4.98 Å². The van der Waals surface area contributed by atoms with Gasteiger partial charge in [-0.05, 0) is 12.5 Å². The number of aromatic nitrogens is 2. The minimum Gasteiger partial charge on any atom is -0.508 e. The van der Waals surface area contributed by atoms with E-state index in [1.54, 1.807) is 12.1 Å². The largest absolute Gasteiger partial charge is 0.508 e. The number of hydrogen-bond acceptors (Lipinski definition) is 6. The summed E-state index contributed by atoms with van der Waals surface area (Å²) in [6.45, 7) is 1.01. The first-order valence-electron chi connectivity index (χ1n) is 8.28. The molecule has 2 atom stereocenters. The Balaban J connectivity index is 1.58. The number of phenols is 1. The molecular formula is C19H19N3O3. The van der Waals surface area contributed by atoms with Gasteiger partial charge in [-0.25, -0.2) is 0 Å². The van der Waals surface area contributed by atoms with Crippen LogP contribution < -0.4 is 0 Å². The number of para-hydroxylation sites is 1. The Morgan fingerprint density at radius 1 is 1.08 bits per heavy atom. The fourth-order valence-corrected chi connectivity index (χ4v) is 3.25. The molecule has 1 aliphatic rings. The first kappa shape index (κ1) is 15.8. The zero-order chi connectivity index (χ0) is 17.2. The van der Waals surface area contributed by atoms with Crippen molar-refractivity contribution in [3.8, 4) is 17.1 Å². The van der Waals surface area contributed by atoms with E-state index in [1.807, 2.05) is 42.5 Å². The molecule has 0 amide bonds. The van der Waals surface area contributed by atoms with Crippen LogP contribution >= 0.6 is 0 Å². The Morgan fingerprint density at radius 2 is 1.84 bits per heavy atom. The number of aromatic hydroxyl groups is 1. The SMILES string of the molecule is Oc1ccccc1CN1CC(O)CC1c1nc(-c2ccccc2)no1. The average Bonchev–Trinajstić information content (AvgIpc) is 3.24. The predicted molar refractivity (Wildman–Crippen MR) is 91.6 cm³/mol. The summed E-state index contributed by atoms with van der Waals surface area (Å²) < 4.78 is 5.47. The lowest BCUT2D eigenvalue weighted by molar-refractivity contribution is 0.168. The van der Waals surface area contributed by atoms with Crippen LogP contribution in [0.4, 0.5) is 0 Å². The molecule has 1 saturated heterocycles. The fourth-order valence-electron chi connectivity index (χ4n) is 3.25. The number of aliphatic hydroxyl groups excluding tert-OH is 1. The van der Waals surface area contributed by atoms with Crippen LogP contribution in [0.3, 0.4) is 0 Å². The maximum absolute atomic E-state index is 10.1. The van der Waals surface area contributed by atoms with Gasteiger partial charge < -0.3 is 14.7 Å². The summed E-state index contributed by atoms with van der Waals surface area (Å²) in [5, 5.41) is 24.2. The molecule has 0 radical (unpaired) electrons. The molecule has 2 unspecified atom stereocenters. The number of β-amino-alcohol motifs (C(OH)–C–C–N with tert-alkyl or cyclic N) is 1. The van der Waals surface area contributed by atoms with Crippen molar-refractivity contribution < 1.29 is 14.7 Å². The van der Waals surface area contributed by atoms with E-state index in [9.17, 15) is 10.2 Å². The summed E-state index contributed by atoms with van der Waals surface area (Å²) in [5.74, 6) is 1.28. The van der Waals surface area contributed by atoms with Crippen LogP contribution in [0.1, 0.15) is 23.9 Å². The van der Waals surface area contributed by atoms with Gasteiger partial charge in [-0.15, -0.1) is 0 Å². The highest BCUT2D eigenvalue weighted by molar-refractivity contribution is 5.53. The summed E-state index contributed by atoms with van der Waals surface area (Å²) in [6.07, 6.45) is 0.0761. The van der Waals surface area contributed by atoms with Gasteiger partial charge in [-0.3, -0.25) is 4.90 Å². The van der Waals surface area contributed by atoms with E-state index in [0.29, 0.717) is 31.2 Å². The number of rotatable bonds is 4. The van der Waals surface area contributed by atoms with Crippen LogP contribution in [0, 0.1) is 0 Å². The Morgan fingerprint density at radius 3 is 2.64 bits per heavy atom. The third-order valence-corrected chi connectivity index (χ3v) is 4.51. The van der Waals surface area contributed by atoms with Crippen molar-refractivity contribution in [2.24, 2.45) is 0 Å². The maximum Gasteiger partial charge on any atom is 0.244 e. The highest BCUT2D eigenvalue weighted by atomic mass is 16.5. The quantitative estimate of drug-likeness (QED) is 0.762. The number of likely N-dealkylation sites (tertiary alicyclic amines) is 1. The molecule has 0 spiro atoms. The smallest absolute Gasteiger partial charge is 0.244 e. The van der Waals surface area contributed by atoms with E-state index in [1.165, 1.54) is 0 Å². The molecule has 2 N–H and O–H groups in total. The van der Waals surface area contributed by atoms with Gasteiger partial charge in [0.05, 0.1) is 12.1 Å². The normalized spacial score (nSPS) is 20.8. The first-order chi connectivity index (χ1) is 12.2. The zero-order valence-electron chi connectivity index (χ0n) is 13.6. The zero-order valence-corrected chi connectivity index (χ0v) is 13.6. The molecule has 4 rings (SSSR count). The van der Waals surface area contributed by atoms with Gasteiger partial charge >= 0.3 is 0 Å². The second-order valence-electron chi connectivity index (χ2n) is 6.29. The van der Waals surface area contributed by atoms with Crippen molar-refractivity contribution in [3.05, 3.63) is 66.1 Å². The standard InChI is InChI=1S/C19H19N3O3/c23-15-10-16(22(12-15)11-14-8-4-5-9-17(14)24)19-20-18(21-25-19)13-6-2-1-3-7-13/h1-9,15-16,23-24H,10-12H2. The number of aliphatic hydroxyl groups is 1. The lowest BCUT2D eigenvalue weighted by Gasteiger charge is -2.21. The molecule has 0 saturated carbocycles. The van der Waals surface area contributed by atoms with Crippen LogP contribution in [-0.2, 0) is 6.54 Å². The second kappa shape index (κ2) is 6.66. The van der Waals surface area contributed by atoms with Crippen LogP contribution in [0.25, 0.3) is 11.4 Å². The van der Waals surface area contributed by atoms with E-state index in [0.717, 1.165) is 11.1 Å². The number of phenolic OH excluding ortho intramolecular Hbond substituents is 1. The van der Waals surface area contributed by atoms with E-state index < -0.39 is 6.10 Å². The van der Waals surface area contributed by atoms with E-state index in [2.05, 4.69) is 15.0 Å². The highest BCUT2D eigenvalue weighted by Crippen LogP contribution is 2.34. The van der Waals surface area contributed by atoms with E-state index >= 15 is 0 Å². The van der Waals surface area contributed by atoms with Gasteiger partial charge in [0.2, 0.25) is 11.7 Å². The Bertz CT molecular complexity index is 850. The third kappa shape index (κ3) is 3.26. The minimum absolute atomic E-state index is 0.167. The Hall–Kier alpha value is -2.70. The van der Waals surface area contributed by atoms with Crippen LogP contribution in [0.5, 0.6) is 5.75 Å². The van der Waals surface area contributed by atoms with Crippen molar-refractivity contribution in [1.29, 1.82) is 0 Å². The van der Waals surface area contributed by atoms with Gasteiger partial charge in [0.1, 0.15) is 5.75 Å². The maximum atomic E-state index is 10.1. The lowest BCUT2D eigenvalue weighted by Crippen LogP contribution is -2.24. The molecule has 1 aliphatic heterocycles. The molecule has 25 heavy (non-hydrogen) atoms. The molecule has 128 valence electrons. The first-order valence-corrected chi connectivity index (χ1v) is 8.28. The van der Waals surface area contributed by atoms with Crippen molar-refractivity contribution >= 4 is 0 Å². The van der Waals surface area contributed by atoms with Crippen LogP contribution in [0.15, 0.2) is 59.1 Å². The summed E-state index contributed by atoms with van der Waals surface area (Å²) in [5.41, 5.74) is 1.70. The van der Waals surface area contributed by atoms with E-state index in [4.69, 9.17) is 4.52 Å². The number of benzene rings is 2. The van der Waals surface area contributed by atoms with Crippen LogP contribution in [0.2, 0.25) is 0 Å². The summed E-state index contributed by atoms with van der Waals surface area (Å²) in [6, 6.07) is 16.7. The fraction of sp³-hybridized carbons (Fsp3) is 0.263. The summed E-state index contributed by atoms with van der Waals surface area (Å²) in [4.78, 5) is 6.58. The molecule has 6 heteroatoms. The second-order valence-corrected chi connectivity index (χ2v) is 6.29. The molecule has 2 heterocycles.